The van der Waals surface area contributed by atoms with Crippen molar-refractivity contribution >= 4 is 35.2 Å². The largest absolute Gasteiger partial charge is 0.490 e. The Hall–Kier alpha value is -0.480. The molecule has 2 unspecified atom stereocenters. The fraction of sp³-hybridized carbons (Fsp3) is 0.667. The summed E-state index contributed by atoms with van der Waals surface area (Å²) in [7, 11) is -16.7. The van der Waals surface area contributed by atoms with E-state index in [-0.39, 0.29) is 5.25 Å². The highest BCUT2D eigenvalue weighted by Gasteiger charge is 2.46. The Morgan fingerprint density at radius 2 is 1.75 bits per heavy atom. The summed E-state index contributed by atoms with van der Waals surface area (Å²) in [5.41, 5.74) is -0.805. The van der Waals surface area contributed by atoms with Crippen molar-refractivity contribution in [2.45, 2.75) is 48.7 Å². The van der Waals surface area contributed by atoms with Gasteiger partial charge in [0.15, 0.2) is 6.23 Å². The van der Waals surface area contributed by atoms with E-state index in [1.165, 1.54) is 24.0 Å². The van der Waals surface area contributed by atoms with Crippen LogP contribution in [0, 0.1) is 0 Å². The Kier molecular flexibility index (Phi) is 9.04. The van der Waals surface area contributed by atoms with E-state index >= 15 is 0 Å². The van der Waals surface area contributed by atoms with Gasteiger partial charge in [-0.1, -0.05) is 13.8 Å². The molecule has 0 radical (unpaired) electrons. The van der Waals surface area contributed by atoms with Gasteiger partial charge in [-0.3, -0.25) is 9.09 Å². The fourth-order valence-electron chi connectivity index (χ4n) is 2.47. The van der Waals surface area contributed by atoms with Gasteiger partial charge in [0, 0.05) is 11.4 Å². The van der Waals surface area contributed by atoms with Gasteiger partial charge < -0.3 is 34.5 Å². The average Bonchev–Trinajstić information content (AvgIpc) is 2.85. The molecule has 0 spiro atoms. The predicted octanol–water partition coefficient (Wildman–Crippen LogP) is -0.294. The highest BCUT2D eigenvalue weighted by atomic mass is 32.2. The van der Waals surface area contributed by atoms with Crippen molar-refractivity contribution in [1.82, 2.24) is 9.55 Å². The minimum atomic E-state index is -5.72. The van der Waals surface area contributed by atoms with Gasteiger partial charge in [0.2, 0.25) is 0 Å². The zero-order valence-electron chi connectivity index (χ0n) is 16.3. The average molecular weight is 542 g/mol. The predicted molar refractivity (Wildman–Crippen MR) is 105 cm³/mol. The van der Waals surface area contributed by atoms with Crippen molar-refractivity contribution in [1.29, 1.82) is 0 Å². The van der Waals surface area contributed by atoms with Crippen LogP contribution in [0.5, 0.6) is 0 Å². The third kappa shape index (κ3) is 8.08. The fourth-order valence-corrected chi connectivity index (χ4v) is 6.25. The maximum atomic E-state index is 12.2. The van der Waals surface area contributed by atoms with Crippen LogP contribution in [-0.2, 0) is 31.6 Å². The van der Waals surface area contributed by atoms with Crippen molar-refractivity contribution in [2.24, 2.45) is 0 Å². The second-order valence-corrected chi connectivity index (χ2v) is 12.6. The first-order valence-electron chi connectivity index (χ1n) is 8.55. The van der Waals surface area contributed by atoms with Gasteiger partial charge in [-0.2, -0.15) is 13.6 Å². The molecule has 1 aromatic heterocycles. The van der Waals surface area contributed by atoms with Crippen LogP contribution in [0.4, 0.5) is 0 Å². The molecule has 0 aliphatic carbocycles. The molecule has 1 aromatic rings. The molecule has 184 valence electrons. The van der Waals surface area contributed by atoms with Gasteiger partial charge in [0.1, 0.15) is 23.3 Å². The van der Waals surface area contributed by atoms with Crippen LogP contribution >= 0.6 is 35.2 Å². The van der Waals surface area contributed by atoms with Crippen molar-refractivity contribution in [3.63, 3.8) is 0 Å². The molecule has 16 nitrogen and oxygen atoms in total. The van der Waals surface area contributed by atoms with Crippen molar-refractivity contribution in [3.05, 3.63) is 22.7 Å². The summed E-state index contributed by atoms with van der Waals surface area (Å²) in [5, 5.41) is 20.8. The highest BCUT2D eigenvalue weighted by Crippen LogP contribution is 2.66. The third-order valence-corrected chi connectivity index (χ3v) is 8.33. The van der Waals surface area contributed by atoms with E-state index in [4.69, 9.17) is 19.4 Å². The van der Waals surface area contributed by atoms with Crippen LogP contribution in [0.2, 0.25) is 0 Å². The lowest BCUT2D eigenvalue weighted by atomic mass is 10.1. The van der Waals surface area contributed by atoms with E-state index in [0.29, 0.717) is 5.03 Å². The molecule has 0 saturated carbocycles. The zero-order valence-corrected chi connectivity index (χ0v) is 19.8. The molecule has 6 N–H and O–H groups in total. The molecule has 32 heavy (non-hydrogen) atoms. The van der Waals surface area contributed by atoms with Gasteiger partial charge in [0.25, 0.3) is 0 Å². The Bertz CT molecular complexity index is 1010. The number of ether oxygens (including phenoxy) is 1. The number of phosphoric acid groups is 3. The Morgan fingerprint density at radius 3 is 2.28 bits per heavy atom. The minimum Gasteiger partial charge on any atom is -0.387 e. The summed E-state index contributed by atoms with van der Waals surface area (Å²) in [6.07, 6.45) is -5.11. The first kappa shape index (κ1) is 27.8. The molecule has 6 atom stereocenters. The third-order valence-electron chi connectivity index (χ3n) is 3.59. The first-order valence-corrected chi connectivity index (χ1v) is 14.0. The maximum Gasteiger partial charge on any atom is 0.490 e. The summed E-state index contributed by atoms with van der Waals surface area (Å²) in [4.78, 5) is 51.6. The zero-order chi connectivity index (χ0) is 24.5. The summed E-state index contributed by atoms with van der Waals surface area (Å²) >= 11 is 1.31. The maximum absolute atomic E-state index is 12.2. The molecule has 0 amide bonds. The normalized spacial score (nSPS) is 27.9. The van der Waals surface area contributed by atoms with Crippen molar-refractivity contribution in [2.75, 3.05) is 6.61 Å². The molecule has 20 heteroatoms. The summed E-state index contributed by atoms with van der Waals surface area (Å²) in [6.45, 7) is 2.78. The standard InChI is InChI=1S/C12H21N2O14P3S/c1-6(2)32-8-3-4-14(12(17)13-8)11-10(16)9(15)7(26-11)5-25-30(21,22)28-31(23,24)27-29(18,19)20/h3-4,6-7,9-11,15-16H,5H2,1-2H3,(H,21,22)(H,23,24)(H2,18,19,20)/t7-,9-,10-,11-/m1/s1. The SMILES string of the molecule is CC(C)Sc1ccn([C@@H]2O[C@H](COP(=O)(O)OP(=O)(O)OP(=O)(O)O)[C@@H](O)[C@H]2O)c(=O)n1. The van der Waals surface area contributed by atoms with Gasteiger partial charge in [0.05, 0.1) is 6.61 Å². The van der Waals surface area contributed by atoms with Crippen LogP contribution in [-0.4, -0.2) is 69.5 Å². The van der Waals surface area contributed by atoms with Gasteiger partial charge in [-0.15, -0.1) is 11.8 Å². The lowest BCUT2D eigenvalue weighted by Crippen LogP contribution is -2.36. The number of rotatable bonds is 10. The van der Waals surface area contributed by atoms with E-state index in [9.17, 15) is 33.6 Å². The van der Waals surface area contributed by atoms with Crippen molar-refractivity contribution < 1.29 is 61.4 Å². The molecular weight excluding hydrogens is 521 g/mol. The number of aliphatic hydroxyl groups excluding tert-OH is 2. The van der Waals surface area contributed by atoms with Crippen molar-refractivity contribution in [3.8, 4) is 0 Å². The van der Waals surface area contributed by atoms with E-state index < -0.39 is 60.3 Å². The summed E-state index contributed by atoms with van der Waals surface area (Å²) in [5.74, 6) is 0. The van der Waals surface area contributed by atoms with E-state index in [0.717, 1.165) is 4.57 Å². The van der Waals surface area contributed by atoms with Gasteiger partial charge in [-0.05, 0) is 6.07 Å². The molecule has 2 heterocycles. The number of aliphatic hydroxyl groups is 2. The van der Waals surface area contributed by atoms with E-state index in [1.54, 1.807) is 0 Å². The minimum absolute atomic E-state index is 0.145. The Morgan fingerprint density at radius 1 is 1.12 bits per heavy atom. The lowest BCUT2D eigenvalue weighted by molar-refractivity contribution is -0.0543. The highest BCUT2D eigenvalue weighted by molar-refractivity contribution is 7.99. The smallest absolute Gasteiger partial charge is 0.387 e. The lowest BCUT2D eigenvalue weighted by Gasteiger charge is -2.19. The first-order chi connectivity index (χ1) is 14.5. The number of phosphoric ester groups is 1. The second kappa shape index (κ2) is 10.4. The molecular formula is C12H21N2O14P3S. The molecule has 1 aliphatic rings. The molecule has 1 saturated heterocycles. The van der Waals surface area contributed by atoms with Crippen LogP contribution in [0.25, 0.3) is 0 Å². The summed E-state index contributed by atoms with van der Waals surface area (Å²) < 4.78 is 51.4. The van der Waals surface area contributed by atoms with Crippen LogP contribution < -0.4 is 5.69 Å². The number of hydrogen-bond acceptors (Lipinski definition) is 12. The molecule has 0 aromatic carbocycles. The van der Waals surface area contributed by atoms with E-state index in [2.05, 4.69) is 18.1 Å². The number of aromatic nitrogens is 2. The quantitative estimate of drug-likeness (QED) is 0.126. The number of hydrogen-bond donors (Lipinski definition) is 6. The molecule has 0 bridgehead atoms. The number of nitrogens with zero attached hydrogens (tertiary/aromatic N) is 2. The van der Waals surface area contributed by atoms with E-state index in [1.807, 2.05) is 13.8 Å². The van der Waals surface area contributed by atoms with Crippen LogP contribution in [0.1, 0.15) is 20.1 Å². The van der Waals surface area contributed by atoms with Gasteiger partial charge >= 0.3 is 29.2 Å². The van der Waals surface area contributed by atoms with Gasteiger partial charge in [-0.25, -0.2) is 18.5 Å². The monoisotopic (exact) mass is 542 g/mol. The molecule has 1 aliphatic heterocycles. The Labute approximate surface area is 184 Å². The topological polar surface area (TPSA) is 244 Å². The summed E-state index contributed by atoms with van der Waals surface area (Å²) in [6, 6.07) is 1.48. The molecule has 1 fully saturated rings. The number of thioether (sulfide) groups is 1. The van der Waals surface area contributed by atoms with Crippen LogP contribution in [0.15, 0.2) is 22.1 Å². The second-order valence-electron chi connectivity index (χ2n) is 6.56. The van der Waals surface area contributed by atoms with Crippen LogP contribution in [0.3, 0.4) is 0 Å². The Balaban J connectivity index is 2.06. The molecule has 2 rings (SSSR count).